The van der Waals surface area contributed by atoms with Gasteiger partial charge in [0, 0.05) is 5.56 Å². The van der Waals surface area contributed by atoms with Gasteiger partial charge in [0.1, 0.15) is 0 Å². The van der Waals surface area contributed by atoms with E-state index in [0.29, 0.717) is 12.1 Å². The summed E-state index contributed by atoms with van der Waals surface area (Å²) in [5, 5.41) is 13.8. The molecule has 0 radical (unpaired) electrons. The van der Waals surface area contributed by atoms with Crippen LogP contribution in [0.25, 0.3) is 0 Å². The van der Waals surface area contributed by atoms with Gasteiger partial charge in [-0.3, -0.25) is 16.1 Å². The van der Waals surface area contributed by atoms with Crippen molar-refractivity contribution in [3.05, 3.63) is 33.6 Å². The third-order valence-electron chi connectivity index (χ3n) is 1.77. The van der Waals surface area contributed by atoms with Gasteiger partial charge in [0.05, 0.1) is 10.0 Å². The Bertz CT molecular complexity index is 416. The maximum Gasteiger partial charge on any atom is 0.331 e. The van der Waals surface area contributed by atoms with Crippen molar-refractivity contribution < 1.29 is 18.4 Å². The highest BCUT2D eigenvalue weighted by Crippen LogP contribution is 2.34. The predicted octanol–water partition coefficient (Wildman–Crippen LogP) is 3.18. The van der Waals surface area contributed by atoms with Gasteiger partial charge < -0.3 is 0 Å². The average molecular weight is 273 g/mol. The zero-order valence-corrected chi connectivity index (χ0v) is 9.00. The summed E-state index contributed by atoms with van der Waals surface area (Å²) in [5.74, 6) is -6.33. The second kappa shape index (κ2) is 4.48. The number of halogens is 5. The highest BCUT2D eigenvalue weighted by molar-refractivity contribution is 6.35. The van der Waals surface area contributed by atoms with Crippen LogP contribution in [0, 0.1) is 11.2 Å². The minimum Gasteiger partial charge on any atom is -0.290 e. The van der Waals surface area contributed by atoms with Crippen molar-refractivity contribution >= 4 is 29.0 Å². The topological polar surface area (TPSA) is 56.1 Å². The molecule has 0 saturated carbocycles. The van der Waals surface area contributed by atoms with E-state index in [1.54, 1.807) is 0 Å². The molecule has 0 aliphatic rings. The third-order valence-corrected chi connectivity index (χ3v) is 2.32. The van der Waals surface area contributed by atoms with Crippen LogP contribution >= 0.6 is 23.2 Å². The number of nitrogens with one attached hydrogen (secondary N) is 2. The Hall–Kier alpha value is -0.980. The minimum atomic E-state index is -3.84. The summed E-state index contributed by atoms with van der Waals surface area (Å²) in [6.45, 7) is 0. The van der Waals surface area contributed by atoms with Gasteiger partial charge in [-0.05, 0) is 12.1 Å². The van der Waals surface area contributed by atoms with Crippen molar-refractivity contribution in [2.75, 3.05) is 0 Å². The molecule has 0 spiro atoms. The van der Waals surface area contributed by atoms with E-state index in [-0.39, 0.29) is 0 Å². The van der Waals surface area contributed by atoms with Gasteiger partial charge in [0.2, 0.25) is 0 Å². The third kappa shape index (κ3) is 2.23. The molecule has 1 rings (SSSR count). The maximum absolute atomic E-state index is 13.4. The quantitative estimate of drug-likeness (QED) is 0.335. The molecule has 0 bridgehead atoms. The normalized spacial score (nSPS) is 11.4. The first-order chi connectivity index (χ1) is 7.30. The molecule has 0 aromatic heterocycles. The fourth-order valence-corrected chi connectivity index (χ4v) is 1.44. The highest BCUT2D eigenvalue weighted by atomic mass is 35.5. The van der Waals surface area contributed by atoms with Gasteiger partial charge in [-0.25, -0.2) is 4.39 Å². The molecule has 16 heavy (non-hydrogen) atoms. The maximum atomic E-state index is 13.4. The molecule has 0 saturated heterocycles. The van der Waals surface area contributed by atoms with Crippen LogP contribution in [0.4, 0.5) is 13.2 Å². The van der Waals surface area contributed by atoms with Crippen LogP contribution in [-0.2, 0) is 5.92 Å². The predicted molar refractivity (Wildman–Crippen MR) is 53.0 cm³/mol. The van der Waals surface area contributed by atoms with Gasteiger partial charge in [-0.15, -0.1) is 0 Å². The Balaban J connectivity index is 3.29. The monoisotopic (exact) mass is 272 g/mol. The van der Waals surface area contributed by atoms with Crippen LogP contribution in [0.15, 0.2) is 12.1 Å². The van der Waals surface area contributed by atoms with Crippen LogP contribution in [0.5, 0.6) is 0 Å². The van der Waals surface area contributed by atoms with E-state index in [1.807, 2.05) is 0 Å². The lowest BCUT2D eigenvalue weighted by Crippen LogP contribution is -2.35. The Kier molecular flexibility index (Phi) is 3.67. The van der Waals surface area contributed by atoms with Gasteiger partial charge in [-0.2, -0.15) is 8.78 Å². The fourth-order valence-electron chi connectivity index (χ4n) is 0.951. The van der Waals surface area contributed by atoms with Crippen molar-refractivity contribution in [3.8, 4) is 0 Å². The molecule has 1 aromatic rings. The second-order valence-corrected chi connectivity index (χ2v) is 3.63. The molecule has 3 N–H and O–H groups in total. The number of rotatable bonds is 2. The summed E-state index contributed by atoms with van der Waals surface area (Å²) >= 11 is 10.7. The van der Waals surface area contributed by atoms with E-state index < -0.39 is 33.2 Å². The molecule has 0 aliphatic heterocycles. The number of hydrogen-bond acceptors (Lipinski definition) is 2. The first-order valence-electron chi connectivity index (χ1n) is 3.82. The van der Waals surface area contributed by atoms with Crippen LogP contribution in [0.3, 0.4) is 0 Å². The smallest absolute Gasteiger partial charge is 0.290 e. The molecule has 0 amide bonds. The van der Waals surface area contributed by atoms with Crippen molar-refractivity contribution in [2.24, 2.45) is 0 Å². The number of hydroxylamine groups is 1. The molecular weight excluding hydrogens is 268 g/mol. The van der Waals surface area contributed by atoms with Gasteiger partial charge >= 0.3 is 5.92 Å². The summed E-state index contributed by atoms with van der Waals surface area (Å²) in [6.07, 6.45) is 0. The molecule has 0 aliphatic carbocycles. The van der Waals surface area contributed by atoms with Gasteiger partial charge in [0.15, 0.2) is 11.7 Å². The highest BCUT2D eigenvalue weighted by Gasteiger charge is 2.38. The van der Waals surface area contributed by atoms with Crippen molar-refractivity contribution in [1.82, 2.24) is 5.48 Å². The van der Waals surface area contributed by atoms with Crippen molar-refractivity contribution in [2.45, 2.75) is 5.92 Å². The Morgan fingerprint density at radius 1 is 1.31 bits per heavy atom. The lowest BCUT2D eigenvalue weighted by molar-refractivity contribution is 0.0560. The lowest BCUT2D eigenvalue weighted by Gasteiger charge is -2.17. The lowest BCUT2D eigenvalue weighted by atomic mass is 10.1. The van der Waals surface area contributed by atoms with E-state index >= 15 is 0 Å². The molecule has 0 heterocycles. The number of benzene rings is 1. The molecule has 0 atom stereocenters. The summed E-state index contributed by atoms with van der Waals surface area (Å²) in [4.78, 5) is 0. The van der Waals surface area contributed by atoms with Crippen LogP contribution in [0.2, 0.25) is 10.0 Å². The van der Waals surface area contributed by atoms with E-state index in [9.17, 15) is 13.2 Å². The van der Waals surface area contributed by atoms with E-state index in [1.165, 1.54) is 0 Å². The number of hydrogen-bond donors (Lipinski definition) is 3. The SMILES string of the molecule is N=C(NO)C(F)(F)c1cc(Cl)c(F)c(Cl)c1. The molecule has 3 nitrogen and oxygen atoms in total. The Morgan fingerprint density at radius 2 is 1.75 bits per heavy atom. The number of alkyl halides is 2. The standard InChI is InChI=1S/C8H5Cl2F3N2O/c9-4-1-3(2-5(10)6(4)11)8(12,13)7(14)15-16/h1-2,16H,(H2,14,15). The first kappa shape index (κ1) is 13.1. The molecular formula is C8H5Cl2F3N2O. The molecule has 0 fully saturated rings. The van der Waals surface area contributed by atoms with E-state index in [0.717, 1.165) is 5.48 Å². The second-order valence-electron chi connectivity index (χ2n) is 2.82. The van der Waals surface area contributed by atoms with Crippen LogP contribution in [-0.4, -0.2) is 11.0 Å². The zero-order valence-electron chi connectivity index (χ0n) is 7.49. The first-order valence-corrected chi connectivity index (χ1v) is 4.58. The van der Waals surface area contributed by atoms with E-state index in [2.05, 4.69) is 0 Å². The Morgan fingerprint density at radius 3 is 2.12 bits per heavy atom. The zero-order chi connectivity index (χ0) is 12.5. The Labute approximate surface area is 98.2 Å². The minimum absolute atomic E-state index is 0.590. The molecule has 88 valence electrons. The van der Waals surface area contributed by atoms with E-state index in [4.69, 9.17) is 33.8 Å². The molecule has 1 aromatic carbocycles. The summed E-state index contributed by atoms with van der Waals surface area (Å²) in [7, 11) is 0. The van der Waals surface area contributed by atoms with Crippen molar-refractivity contribution in [3.63, 3.8) is 0 Å². The van der Waals surface area contributed by atoms with Gasteiger partial charge in [0.25, 0.3) is 0 Å². The van der Waals surface area contributed by atoms with Gasteiger partial charge in [-0.1, -0.05) is 23.2 Å². The summed E-state index contributed by atoms with van der Waals surface area (Å²) in [5.41, 5.74) is 0.215. The number of amidine groups is 1. The van der Waals surface area contributed by atoms with Crippen LogP contribution in [0.1, 0.15) is 5.56 Å². The van der Waals surface area contributed by atoms with Crippen LogP contribution < -0.4 is 5.48 Å². The molecule has 8 heteroatoms. The average Bonchev–Trinajstić information content (AvgIpc) is 2.23. The summed E-state index contributed by atoms with van der Waals surface area (Å²) < 4.78 is 39.7. The fraction of sp³-hybridized carbons (Fsp3) is 0.125. The molecule has 0 unspecified atom stereocenters. The summed E-state index contributed by atoms with van der Waals surface area (Å²) in [6, 6.07) is 1.27. The van der Waals surface area contributed by atoms with Crippen molar-refractivity contribution in [1.29, 1.82) is 5.41 Å². The largest absolute Gasteiger partial charge is 0.331 e.